The van der Waals surface area contributed by atoms with Crippen molar-refractivity contribution in [3.8, 4) is 0 Å². The molecule has 0 saturated heterocycles. The number of nitrogens with one attached hydrogen (secondary N) is 1. The molecule has 3 rings (SSSR count). The van der Waals surface area contributed by atoms with Crippen molar-refractivity contribution < 1.29 is 8.42 Å². The van der Waals surface area contributed by atoms with Crippen molar-refractivity contribution in [2.45, 2.75) is 11.8 Å². The van der Waals surface area contributed by atoms with Crippen LogP contribution >= 0.6 is 11.6 Å². The molecule has 26 heavy (non-hydrogen) atoms. The fourth-order valence-corrected chi connectivity index (χ4v) is 3.88. The van der Waals surface area contributed by atoms with Crippen molar-refractivity contribution in [3.63, 3.8) is 0 Å². The molecule has 7 heteroatoms. The van der Waals surface area contributed by atoms with Gasteiger partial charge in [-0.2, -0.15) is 0 Å². The van der Waals surface area contributed by atoms with Crippen LogP contribution in [0.25, 0.3) is 0 Å². The SMILES string of the molecule is CCN(c1ccccc1)c1ccc(NS(=O)(=O)c2cccc(Cl)c2)cn1. The molecule has 0 amide bonds. The van der Waals surface area contributed by atoms with Crippen molar-refractivity contribution in [3.05, 3.63) is 77.9 Å². The summed E-state index contributed by atoms with van der Waals surface area (Å²) in [5, 5.41) is 0.364. The molecule has 0 atom stereocenters. The van der Waals surface area contributed by atoms with Gasteiger partial charge in [0.25, 0.3) is 10.0 Å². The van der Waals surface area contributed by atoms with Crippen LogP contribution in [0.2, 0.25) is 5.02 Å². The zero-order valence-electron chi connectivity index (χ0n) is 14.1. The predicted octanol–water partition coefficient (Wildman–Crippen LogP) is 4.69. The quantitative estimate of drug-likeness (QED) is 0.666. The number of hydrogen-bond donors (Lipinski definition) is 1. The second-order valence-corrected chi connectivity index (χ2v) is 7.67. The molecular weight excluding hydrogens is 370 g/mol. The standard InChI is InChI=1S/C19H18ClN3O2S/c1-2-23(17-8-4-3-5-9-17)19-12-11-16(14-21-19)22-26(24,25)18-10-6-7-15(20)13-18/h3-14,22H,2H2,1H3. The molecule has 0 saturated carbocycles. The van der Waals surface area contributed by atoms with E-state index in [-0.39, 0.29) is 4.90 Å². The second-order valence-electron chi connectivity index (χ2n) is 5.55. The first-order valence-electron chi connectivity index (χ1n) is 8.06. The monoisotopic (exact) mass is 387 g/mol. The minimum atomic E-state index is -3.71. The summed E-state index contributed by atoms with van der Waals surface area (Å²) in [7, 11) is -3.71. The van der Waals surface area contributed by atoms with Gasteiger partial charge in [0, 0.05) is 17.3 Å². The van der Waals surface area contributed by atoms with Crippen molar-refractivity contribution in [1.82, 2.24) is 4.98 Å². The number of nitrogens with zero attached hydrogens (tertiary/aromatic N) is 2. The largest absolute Gasteiger partial charge is 0.327 e. The van der Waals surface area contributed by atoms with Crippen molar-refractivity contribution >= 4 is 38.8 Å². The summed E-state index contributed by atoms with van der Waals surface area (Å²) in [6, 6.07) is 19.5. The van der Waals surface area contributed by atoms with E-state index in [0.717, 1.165) is 18.1 Å². The predicted molar refractivity (Wildman–Crippen MR) is 106 cm³/mol. The average Bonchev–Trinajstić information content (AvgIpc) is 2.64. The molecule has 1 N–H and O–H groups in total. The average molecular weight is 388 g/mol. The van der Waals surface area contributed by atoms with Gasteiger partial charge in [-0.25, -0.2) is 13.4 Å². The summed E-state index contributed by atoms with van der Waals surface area (Å²) in [4.78, 5) is 6.54. The number of hydrogen-bond acceptors (Lipinski definition) is 4. The minimum Gasteiger partial charge on any atom is -0.327 e. The zero-order chi connectivity index (χ0) is 18.6. The summed E-state index contributed by atoms with van der Waals surface area (Å²) >= 11 is 5.87. The van der Waals surface area contributed by atoms with Gasteiger partial charge in [-0.3, -0.25) is 4.72 Å². The van der Waals surface area contributed by atoms with Crippen LogP contribution in [0.15, 0.2) is 77.8 Å². The number of rotatable bonds is 6. The summed E-state index contributed by atoms with van der Waals surface area (Å²) in [5.74, 6) is 0.740. The molecule has 5 nitrogen and oxygen atoms in total. The van der Waals surface area contributed by atoms with Crippen LogP contribution in [-0.4, -0.2) is 19.9 Å². The molecule has 2 aromatic carbocycles. The lowest BCUT2D eigenvalue weighted by atomic mass is 10.3. The Hall–Kier alpha value is -2.57. The van der Waals surface area contributed by atoms with E-state index in [1.807, 2.05) is 42.2 Å². The third-order valence-corrected chi connectivity index (χ3v) is 5.38. The van der Waals surface area contributed by atoms with Crippen LogP contribution in [0.4, 0.5) is 17.2 Å². The van der Waals surface area contributed by atoms with Gasteiger partial charge in [0.1, 0.15) is 5.82 Å². The number of aromatic nitrogens is 1. The first-order valence-corrected chi connectivity index (χ1v) is 9.93. The van der Waals surface area contributed by atoms with Gasteiger partial charge in [0.2, 0.25) is 0 Å². The van der Waals surface area contributed by atoms with E-state index in [0.29, 0.717) is 10.7 Å². The van der Waals surface area contributed by atoms with E-state index >= 15 is 0 Å². The molecule has 0 aliphatic carbocycles. The van der Waals surface area contributed by atoms with Crippen molar-refractivity contribution in [1.29, 1.82) is 0 Å². The Morgan fingerprint density at radius 1 is 1.04 bits per heavy atom. The van der Waals surface area contributed by atoms with Crippen LogP contribution in [0, 0.1) is 0 Å². The maximum Gasteiger partial charge on any atom is 0.261 e. The highest BCUT2D eigenvalue weighted by molar-refractivity contribution is 7.92. The van der Waals surface area contributed by atoms with E-state index in [2.05, 4.69) is 9.71 Å². The van der Waals surface area contributed by atoms with Crippen molar-refractivity contribution in [2.24, 2.45) is 0 Å². The molecule has 0 radical (unpaired) electrons. The molecule has 1 heterocycles. The van der Waals surface area contributed by atoms with E-state index in [9.17, 15) is 8.42 Å². The van der Waals surface area contributed by atoms with Gasteiger partial charge in [0.15, 0.2) is 0 Å². The third-order valence-electron chi connectivity index (χ3n) is 3.77. The highest BCUT2D eigenvalue weighted by Crippen LogP contribution is 2.25. The molecule has 3 aromatic rings. The van der Waals surface area contributed by atoms with E-state index in [4.69, 9.17) is 11.6 Å². The molecular formula is C19H18ClN3O2S. The highest BCUT2D eigenvalue weighted by atomic mass is 35.5. The number of pyridine rings is 1. The fourth-order valence-electron chi connectivity index (χ4n) is 2.54. The van der Waals surface area contributed by atoms with Gasteiger partial charge >= 0.3 is 0 Å². The summed E-state index contributed by atoms with van der Waals surface area (Å²) < 4.78 is 27.4. The minimum absolute atomic E-state index is 0.105. The van der Waals surface area contributed by atoms with E-state index < -0.39 is 10.0 Å². The maximum absolute atomic E-state index is 12.4. The van der Waals surface area contributed by atoms with Crippen LogP contribution in [0.3, 0.4) is 0 Å². The van der Waals surface area contributed by atoms with Gasteiger partial charge in [-0.1, -0.05) is 35.9 Å². The lowest BCUT2D eigenvalue weighted by Crippen LogP contribution is -2.17. The third kappa shape index (κ3) is 4.15. The van der Waals surface area contributed by atoms with Crippen molar-refractivity contribution in [2.75, 3.05) is 16.2 Å². The summed E-state index contributed by atoms with van der Waals surface area (Å²) in [6.07, 6.45) is 1.50. The molecule has 0 spiro atoms. The Morgan fingerprint density at radius 2 is 1.81 bits per heavy atom. The van der Waals surface area contributed by atoms with E-state index in [1.165, 1.54) is 18.3 Å². The Morgan fingerprint density at radius 3 is 2.42 bits per heavy atom. The number of para-hydroxylation sites is 1. The normalized spacial score (nSPS) is 11.2. The number of benzene rings is 2. The van der Waals surface area contributed by atoms with Crippen LogP contribution in [0.1, 0.15) is 6.92 Å². The molecule has 134 valence electrons. The Labute approximate surface area is 158 Å². The van der Waals surface area contributed by atoms with Crippen LogP contribution in [0.5, 0.6) is 0 Å². The lowest BCUT2D eigenvalue weighted by Gasteiger charge is -2.22. The number of sulfonamides is 1. The number of halogens is 1. The first kappa shape index (κ1) is 18.2. The van der Waals surface area contributed by atoms with Gasteiger partial charge in [0.05, 0.1) is 16.8 Å². The zero-order valence-corrected chi connectivity index (χ0v) is 15.7. The lowest BCUT2D eigenvalue weighted by molar-refractivity contribution is 0.601. The Kier molecular flexibility index (Phi) is 5.44. The molecule has 0 unspecified atom stereocenters. The fraction of sp³-hybridized carbons (Fsp3) is 0.105. The molecule has 0 bridgehead atoms. The number of anilines is 3. The summed E-state index contributed by atoms with van der Waals surface area (Å²) in [6.45, 7) is 2.77. The smallest absolute Gasteiger partial charge is 0.261 e. The van der Waals surface area contributed by atoms with Gasteiger partial charge in [-0.15, -0.1) is 0 Å². The summed E-state index contributed by atoms with van der Waals surface area (Å²) in [5.41, 5.74) is 1.41. The molecule has 0 aliphatic rings. The Bertz CT molecular complexity index is 977. The van der Waals surface area contributed by atoms with Gasteiger partial charge < -0.3 is 4.90 Å². The first-order chi connectivity index (χ1) is 12.5. The maximum atomic E-state index is 12.4. The molecule has 0 fully saturated rings. The second kappa shape index (κ2) is 7.76. The van der Waals surface area contributed by atoms with Gasteiger partial charge in [-0.05, 0) is 49.4 Å². The van der Waals surface area contributed by atoms with Crippen LogP contribution < -0.4 is 9.62 Å². The highest BCUT2D eigenvalue weighted by Gasteiger charge is 2.15. The Balaban J connectivity index is 1.81. The molecule has 0 aliphatic heterocycles. The topological polar surface area (TPSA) is 62.3 Å². The van der Waals surface area contributed by atoms with Crippen LogP contribution in [-0.2, 0) is 10.0 Å². The van der Waals surface area contributed by atoms with E-state index in [1.54, 1.807) is 24.3 Å². The molecule has 1 aromatic heterocycles.